The average Bonchev–Trinajstić information content (AvgIpc) is 2.90. The fourth-order valence-corrected chi connectivity index (χ4v) is 4.12. The molecule has 0 aromatic heterocycles. The third-order valence-electron chi connectivity index (χ3n) is 4.49. The molecule has 2 aliphatic rings. The van der Waals surface area contributed by atoms with Gasteiger partial charge in [0.05, 0.1) is 0 Å². The number of aryl methyl sites for hydroxylation is 1. The summed E-state index contributed by atoms with van der Waals surface area (Å²) in [5.74, 6) is 1.27. The van der Waals surface area contributed by atoms with Gasteiger partial charge in [0.15, 0.2) is 0 Å². The van der Waals surface area contributed by atoms with Gasteiger partial charge < -0.3 is 10.6 Å². The number of likely N-dealkylation sites (tertiary alicyclic amines) is 1. The molecule has 4 heteroatoms. The standard InChI is InChI=1S/C15H19BrN2O/c1-9-4-11(6-12(16)5-9)15(19)18-7-10-2-3-14(17)13(10)8-18/h4-6,10,13-14H,2-3,7-8,17H2,1H3. The maximum Gasteiger partial charge on any atom is 0.253 e. The van der Waals surface area contributed by atoms with Gasteiger partial charge in [-0.05, 0) is 55.4 Å². The Labute approximate surface area is 122 Å². The van der Waals surface area contributed by atoms with E-state index < -0.39 is 0 Å². The first-order chi connectivity index (χ1) is 9.04. The SMILES string of the molecule is Cc1cc(Br)cc(C(=O)N2CC3CCC(N)C3C2)c1. The number of benzene rings is 1. The molecule has 3 rings (SSSR count). The fourth-order valence-electron chi connectivity index (χ4n) is 3.52. The van der Waals surface area contributed by atoms with Crippen molar-refractivity contribution in [3.05, 3.63) is 33.8 Å². The van der Waals surface area contributed by atoms with Gasteiger partial charge in [-0.2, -0.15) is 0 Å². The quantitative estimate of drug-likeness (QED) is 0.863. The first-order valence-corrected chi connectivity index (χ1v) is 7.66. The zero-order valence-corrected chi connectivity index (χ0v) is 12.7. The van der Waals surface area contributed by atoms with Gasteiger partial charge in [0.2, 0.25) is 0 Å². The normalized spacial score (nSPS) is 29.6. The zero-order valence-electron chi connectivity index (χ0n) is 11.1. The number of amides is 1. The summed E-state index contributed by atoms with van der Waals surface area (Å²) in [6.45, 7) is 3.72. The highest BCUT2D eigenvalue weighted by Crippen LogP contribution is 2.37. The van der Waals surface area contributed by atoms with Gasteiger partial charge >= 0.3 is 0 Å². The zero-order chi connectivity index (χ0) is 13.6. The molecule has 1 aromatic carbocycles. The molecule has 1 aliphatic carbocycles. The third-order valence-corrected chi connectivity index (χ3v) is 4.95. The molecule has 3 nitrogen and oxygen atoms in total. The van der Waals surface area contributed by atoms with Crippen LogP contribution in [-0.2, 0) is 0 Å². The number of nitrogens with two attached hydrogens (primary N) is 1. The molecule has 1 aliphatic heterocycles. The Morgan fingerprint density at radius 1 is 1.32 bits per heavy atom. The van der Waals surface area contributed by atoms with Crippen LogP contribution >= 0.6 is 15.9 Å². The number of hydrogen-bond acceptors (Lipinski definition) is 2. The predicted molar refractivity (Wildman–Crippen MR) is 79.0 cm³/mol. The summed E-state index contributed by atoms with van der Waals surface area (Å²) >= 11 is 3.46. The topological polar surface area (TPSA) is 46.3 Å². The van der Waals surface area contributed by atoms with Gasteiger partial charge in [0.1, 0.15) is 0 Å². The van der Waals surface area contributed by atoms with Crippen LogP contribution in [-0.4, -0.2) is 29.9 Å². The van der Waals surface area contributed by atoms with Crippen LogP contribution in [0.5, 0.6) is 0 Å². The van der Waals surface area contributed by atoms with Gasteiger partial charge in [-0.15, -0.1) is 0 Å². The Balaban J connectivity index is 1.78. The largest absolute Gasteiger partial charge is 0.338 e. The van der Waals surface area contributed by atoms with Crippen LogP contribution in [0.3, 0.4) is 0 Å². The van der Waals surface area contributed by atoms with Crippen molar-refractivity contribution >= 4 is 21.8 Å². The molecule has 19 heavy (non-hydrogen) atoms. The van der Waals surface area contributed by atoms with Crippen LogP contribution in [0.25, 0.3) is 0 Å². The number of nitrogens with zero attached hydrogens (tertiary/aromatic N) is 1. The van der Waals surface area contributed by atoms with E-state index in [-0.39, 0.29) is 11.9 Å². The smallest absolute Gasteiger partial charge is 0.253 e. The number of fused-ring (bicyclic) bond motifs is 1. The molecule has 1 saturated heterocycles. The maximum absolute atomic E-state index is 12.6. The first kappa shape index (κ1) is 13.1. The van der Waals surface area contributed by atoms with Crippen molar-refractivity contribution in [2.24, 2.45) is 17.6 Å². The maximum atomic E-state index is 12.6. The Hall–Kier alpha value is -0.870. The highest BCUT2D eigenvalue weighted by molar-refractivity contribution is 9.10. The number of carbonyl (C=O) groups is 1. The molecule has 0 spiro atoms. The molecule has 3 atom stereocenters. The molecule has 1 aromatic rings. The van der Waals surface area contributed by atoms with Crippen molar-refractivity contribution in [3.8, 4) is 0 Å². The van der Waals surface area contributed by atoms with Crippen molar-refractivity contribution in [2.45, 2.75) is 25.8 Å². The summed E-state index contributed by atoms with van der Waals surface area (Å²) in [5.41, 5.74) is 8.01. The van der Waals surface area contributed by atoms with E-state index in [4.69, 9.17) is 5.73 Å². The second-order valence-corrected chi connectivity index (χ2v) is 6.81. The molecule has 1 saturated carbocycles. The van der Waals surface area contributed by atoms with E-state index in [0.29, 0.717) is 11.8 Å². The Morgan fingerprint density at radius 2 is 2.11 bits per heavy atom. The van der Waals surface area contributed by atoms with E-state index >= 15 is 0 Å². The van der Waals surface area contributed by atoms with Crippen LogP contribution in [0.2, 0.25) is 0 Å². The summed E-state index contributed by atoms with van der Waals surface area (Å²) < 4.78 is 0.965. The van der Waals surface area contributed by atoms with Crippen LogP contribution in [0.1, 0.15) is 28.8 Å². The first-order valence-electron chi connectivity index (χ1n) is 6.86. The number of hydrogen-bond donors (Lipinski definition) is 1. The van der Waals surface area contributed by atoms with E-state index in [1.165, 1.54) is 6.42 Å². The van der Waals surface area contributed by atoms with Crippen molar-refractivity contribution in [1.29, 1.82) is 0 Å². The van der Waals surface area contributed by atoms with Crippen LogP contribution in [0, 0.1) is 18.8 Å². The summed E-state index contributed by atoms with van der Waals surface area (Å²) in [6.07, 6.45) is 2.29. The highest BCUT2D eigenvalue weighted by Gasteiger charge is 2.42. The molecular weight excluding hydrogens is 304 g/mol. The Morgan fingerprint density at radius 3 is 2.79 bits per heavy atom. The molecule has 102 valence electrons. The molecule has 0 bridgehead atoms. The molecule has 1 heterocycles. The molecule has 2 fully saturated rings. The van der Waals surface area contributed by atoms with E-state index in [2.05, 4.69) is 15.9 Å². The molecule has 2 N–H and O–H groups in total. The second kappa shape index (κ2) is 4.91. The summed E-state index contributed by atoms with van der Waals surface area (Å²) in [6, 6.07) is 6.17. The lowest BCUT2D eigenvalue weighted by Gasteiger charge is -2.19. The third kappa shape index (κ3) is 2.43. The lowest BCUT2D eigenvalue weighted by Crippen LogP contribution is -2.33. The number of halogens is 1. The Kier molecular flexibility index (Phi) is 3.39. The van der Waals surface area contributed by atoms with Crippen molar-refractivity contribution in [1.82, 2.24) is 4.90 Å². The Bertz CT molecular complexity index is 497. The average molecular weight is 323 g/mol. The lowest BCUT2D eigenvalue weighted by molar-refractivity contribution is 0.0779. The van der Waals surface area contributed by atoms with Crippen LogP contribution < -0.4 is 5.73 Å². The molecule has 0 radical (unpaired) electrons. The number of rotatable bonds is 1. The summed E-state index contributed by atoms with van der Waals surface area (Å²) in [5, 5.41) is 0. The fraction of sp³-hybridized carbons (Fsp3) is 0.533. The van der Waals surface area contributed by atoms with E-state index in [0.717, 1.165) is 35.1 Å². The van der Waals surface area contributed by atoms with E-state index in [1.807, 2.05) is 30.0 Å². The molecular formula is C15H19BrN2O. The van der Waals surface area contributed by atoms with E-state index in [9.17, 15) is 4.79 Å². The number of carbonyl (C=O) groups excluding carboxylic acids is 1. The minimum atomic E-state index is 0.144. The minimum Gasteiger partial charge on any atom is -0.338 e. The summed E-state index contributed by atoms with van der Waals surface area (Å²) in [7, 11) is 0. The van der Waals surface area contributed by atoms with Crippen LogP contribution in [0.15, 0.2) is 22.7 Å². The predicted octanol–water partition coefficient (Wildman–Crippen LogP) is 2.57. The lowest BCUT2D eigenvalue weighted by atomic mass is 9.98. The van der Waals surface area contributed by atoms with Crippen molar-refractivity contribution < 1.29 is 4.79 Å². The van der Waals surface area contributed by atoms with Gasteiger partial charge in [-0.1, -0.05) is 15.9 Å². The van der Waals surface area contributed by atoms with Crippen molar-refractivity contribution in [2.75, 3.05) is 13.1 Å². The van der Waals surface area contributed by atoms with Gasteiger partial charge in [-0.25, -0.2) is 0 Å². The van der Waals surface area contributed by atoms with Crippen molar-refractivity contribution in [3.63, 3.8) is 0 Å². The van der Waals surface area contributed by atoms with Gasteiger partial charge in [0, 0.05) is 29.2 Å². The van der Waals surface area contributed by atoms with E-state index in [1.54, 1.807) is 0 Å². The highest BCUT2D eigenvalue weighted by atomic mass is 79.9. The van der Waals surface area contributed by atoms with Crippen LogP contribution in [0.4, 0.5) is 0 Å². The molecule has 1 amide bonds. The second-order valence-electron chi connectivity index (χ2n) is 5.89. The summed E-state index contributed by atoms with van der Waals surface area (Å²) in [4.78, 5) is 14.5. The minimum absolute atomic E-state index is 0.144. The van der Waals surface area contributed by atoms with Gasteiger partial charge in [-0.3, -0.25) is 4.79 Å². The molecule has 3 unspecified atom stereocenters. The monoisotopic (exact) mass is 322 g/mol. The van der Waals surface area contributed by atoms with Gasteiger partial charge in [0.25, 0.3) is 5.91 Å².